The lowest BCUT2D eigenvalue weighted by Crippen LogP contribution is -2.44. The summed E-state index contributed by atoms with van der Waals surface area (Å²) >= 11 is 8.23. The van der Waals surface area contributed by atoms with E-state index in [-0.39, 0.29) is 5.91 Å². The van der Waals surface area contributed by atoms with E-state index in [1.165, 1.54) is 0 Å². The Morgan fingerprint density at radius 3 is 2.57 bits per heavy atom. The molecule has 0 spiro atoms. The fraction of sp³-hybridized carbons (Fsp3) is 0.241. The van der Waals surface area contributed by atoms with Crippen molar-refractivity contribution >= 4 is 34.5 Å². The van der Waals surface area contributed by atoms with E-state index in [1.54, 1.807) is 24.5 Å². The van der Waals surface area contributed by atoms with Gasteiger partial charge in [0, 0.05) is 60.5 Å². The number of carbonyl (C=O) groups is 1. The molecule has 0 radical (unpaired) electrons. The Hall–Kier alpha value is -3.23. The van der Waals surface area contributed by atoms with Gasteiger partial charge in [0.15, 0.2) is 0 Å². The lowest BCUT2D eigenvalue weighted by atomic mass is 10.0. The van der Waals surface area contributed by atoms with Crippen LogP contribution in [0.25, 0.3) is 21.8 Å². The fourth-order valence-electron chi connectivity index (χ4n) is 4.41. The number of halogens is 1. The maximum atomic E-state index is 13.3. The Kier molecular flexibility index (Phi) is 7.86. The minimum Gasteiger partial charge on any atom is -0.497 e. The third kappa shape index (κ3) is 6.02. The number of likely N-dealkylation sites (N-methyl/N-ethyl adjacent to an activating group) is 1. The van der Waals surface area contributed by atoms with Crippen LogP contribution < -0.4 is 10.1 Å². The summed E-state index contributed by atoms with van der Waals surface area (Å²) in [6.07, 6.45) is 0. The number of hydrogen-bond acceptors (Lipinski definition) is 6. The number of carbonyl (C=O) groups excluding carboxylic acids is 1. The van der Waals surface area contributed by atoms with Crippen molar-refractivity contribution in [2.24, 2.45) is 0 Å². The van der Waals surface area contributed by atoms with E-state index in [0.29, 0.717) is 22.8 Å². The van der Waals surface area contributed by atoms with Crippen molar-refractivity contribution in [3.8, 4) is 27.6 Å². The first-order valence-electron chi connectivity index (χ1n) is 12.2. The van der Waals surface area contributed by atoms with Gasteiger partial charge in [0.2, 0.25) is 0 Å². The fourth-order valence-corrected chi connectivity index (χ4v) is 5.51. The van der Waals surface area contributed by atoms with E-state index in [2.05, 4.69) is 22.2 Å². The molecular formula is C29H29ClN4O2S. The predicted octanol–water partition coefficient (Wildman–Crippen LogP) is 6.14. The number of anilines is 1. The molecule has 1 N–H and O–H groups in total. The zero-order valence-electron chi connectivity index (χ0n) is 20.9. The molecule has 0 aliphatic carbocycles. The number of ether oxygens (including phenoxy) is 1. The molecule has 2 heterocycles. The first kappa shape index (κ1) is 25.4. The molecule has 8 heteroatoms. The molecule has 6 nitrogen and oxygen atoms in total. The number of thiazole rings is 1. The molecule has 1 aliphatic rings. The highest BCUT2D eigenvalue weighted by Gasteiger charge is 2.19. The van der Waals surface area contributed by atoms with Crippen LogP contribution in [0.3, 0.4) is 0 Å². The van der Waals surface area contributed by atoms with Crippen molar-refractivity contribution in [3.05, 3.63) is 88.3 Å². The van der Waals surface area contributed by atoms with Gasteiger partial charge in [-0.25, -0.2) is 4.98 Å². The molecule has 37 heavy (non-hydrogen) atoms. The number of hydrogen-bond donors (Lipinski definition) is 1. The van der Waals surface area contributed by atoms with Gasteiger partial charge < -0.3 is 15.0 Å². The third-order valence-corrected chi connectivity index (χ3v) is 7.78. The van der Waals surface area contributed by atoms with Gasteiger partial charge in [0.05, 0.1) is 17.8 Å². The van der Waals surface area contributed by atoms with Crippen LogP contribution in [0.5, 0.6) is 5.75 Å². The normalized spacial score (nSPS) is 14.5. The SMILES string of the molecule is COc1ccc(C(=O)Nc2ccc(-c3csc(-c4ccccc4)n3)c(Cl)c2)c(CN2CCN(C)CC2)c1. The van der Waals surface area contributed by atoms with Crippen LogP contribution in [-0.2, 0) is 6.54 Å². The van der Waals surface area contributed by atoms with E-state index in [9.17, 15) is 4.79 Å². The number of nitrogens with one attached hydrogen (secondary N) is 1. The number of nitrogens with zero attached hydrogens (tertiary/aromatic N) is 3. The summed E-state index contributed by atoms with van der Waals surface area (Å²) in [4.78, 5) is 22.8. The van der Waals surface area contributed by atoms with Gasteiger partial charge in [0.25, 0.3) is 5.91 Å². The monoisotopic (exact) mass is 532 g/mol. The quantitative estimate of drug-likeness (QED) is 0.310. The highest BCUT2D eigenvalue weighted by molar-refractivity contribution is 7.13. The lowest BCUT2D eigenvalue weighted by molar-refractivity contribution is 0.102. The first-order valence-corrected chi connectivity index (χ1v) is 13.5. The molecular weight excluding hydrogens is 504 g/mol. The topological polar surface area (TPSA) is 57.7 Å². The Morgan fingerprint density at radius 1 is 1.05 bits per heavy atom. The lowest BCUT2D eigenvalue weighted by Gasteiger charge is -2.32. The van der Waals surface area contributed by atoms with Crippen LogP contribution in [0.1, 0.15) is 15.9 Å². The van der Waals surface area contributed by atoms with Gasteiger partial charge in [-0.3, -0.25) is 9.69 Å². The summed E-state index contributed by atoms with van der Waals surface area (Å²) in [5.74, 6) is 0.571. The Morgan fingerprint density at radius 2 is 1.84 bits per heavy atom. The molecule has 0 saturated carbocycles. The van der Waals surface area contributed by atoms with Crippen LogP contribution in [0.15, 0.2) is 72.1 Å². The second-order valence-electron chi connectivity index (χ2n) is 9.16. The molecule has 1 fully saturated rings. The number of amides is 1. The number of piperazine rings is 1. The minimum atomic E-state index is -0.171. The Bertz CT molecular complexity index is 1380. The summed E-state index contributed by atoms with van der Waals surface area (Å²) in [7, 11) is 3.78. The average molecular weight is 533 g/mol. The van der Waals surface area contributed by atoms with Gasteiger partial charge in [-0.2, -0.15) is 0 Å². The van der Waals surface area contributed by atoms with Crippen molar-refractivity contribution in [2.45, 2.75) is 6.54 Å². The standard InChI is InChI=1S/C29H29ClN4O2S/c1-33-12-14-34(15-13-33)18-21-16-23(36-2)9-11-24(21)28(35)31-22-8-10-25(26(30)17-22)27-19-37-29(32-27)20-6-4-3-5-7-20/h3-11,16-17,19H,12-15,18H2,1-2H3,(H,31,35). The Labute approximate surface area is 226 Å². The van der Waals surface area contributed by atoms with E-state index in [4.69, 9.17) is 21.3 Å². The predicted molar refractivity (Wildman–Crippen MR) is 152 cm³/mol. The molecule has 0 atom stereocenters. The number of aromatic nitrogens is 1. The van der Waals surface area contributed by atoms with E-state index in [1.807, 2.05) is 66.0 Å². The summed E-state index contributed by atoms with van der Waals surface area (Å²) in [5, 5.41) is 6.50. The van der Waals surface area contributed by atoms with Crippen LogP contribution in [-0.4, -0.2) is 61.0 Å². The highest BCUT2D eigenvalue weighted by atomic mass is 35.5. The second-order valence-corrected chi connectivity index (χ2v) is 10.4. The van der Waals surface area contributed by atoms with Gasteiger partial charge in [-0.05, 0) is 49.0 Å². The van der Waals surface area contributed by atoms with Gasteiger partial charge in [0.1, 0.15) is 10.8 Å². The molecule has 3 aromatic carbocycles. The molecule has 1 amide bonds. The zero-order valence-corrected chi connectivity index (χ0v) is 22.5. The second kappa shape index (κ2) is 11.4. The van der Waals surface area contributed by atoms with Crippen molar-refractivity contribution in [3.63, 3.8) is 0 Å². The van der Waals surface area contributed by atoms with Gasteiger partial charge >= 0.3 is 0 Å². The smallest absolute Gasteiger partial charge is 0.255 e. The maximum absolute atomic E-state index is 13.3. The molecule has 1 aromatic heterocycles. The maximum Gasteiger partial charge on any atom is 0.255 e. The zero-order chi connectivity index (χ0) is 25.8. The minimum absolute atomic E-state index is 0.171. The largest absolute Gasteiger partial charge is 0.497 e. The molecule has 5 rings (SSSR count). The van der Waals surface area contributed by atoms with Crippen molar-refractivity contribution in [2.75, 3.05) is 45.7 Å². The van der Waals surface area contributed by atoms with Crippen molar-refractivity contribution in [1.82, 2.24) is 14.8 Å². The van der Waals surface area contributed by atoms with Crippen LogP contribution in [0, 0.1) is 0 Å². The van der Waals surface area contributed by atoms with Crippen LogP contribution in [0.4, 0.5) is 5.69 Å². The van der Waals surface area contributed by atoms with Gasteiger partial charge in [-0.1, -0.05) is 41.9 Å². The van der Waals surface area contributed by atoms with Crippen molar-refractivity contribution < 1.29 is 9.53 Å². The molecule has 0 bridgehead atoms. The van der Waals surface area contributed by atoms with Crippen molar-refractivity contribution in [1.29, 1.82) is 0 Å². The average Bonchev–Trinajstić information content (AvgIpc) is 3.40. The van der Waals surface area contributed by atoms with E-state index >= 15 is 0 Å². The molecule has 1 saturated heterocycles. The number of rotatable bonds is 7. The summed E-state index contributed by atoms with van der Waals surface area (Å²) in [6.45, 7) is 4.66. The number of methoxy groups -OCH3 is 1. The molecule has 4 aromatic rings. The highest BCUT2D eigenvalue weighted by Crippen LogP contribution is 2.34. The van der Waals surface area contributed by atoms with E-state index < -0.39 is 0 Å². The van der Waals surface area contributed by atoms with Crippen LogP contribution >= 0.6 is 22.9 Å². The van der Waals surface area contributed by atoms with Gasteiger partial charge in [-0.15, -0.1) is 11.3 Å². The molecule has 0 unspecified atom stereocenters. The summed E-state index contributed by atoms with van der Waals surface area (Å²) in [5.41, 5.74) is 4.94. The summed E-state index contributed by atoms with van der Waals surface area (Å²) in [6, 6.07) is 21.2. The summed E-state index contributed by atoms with van der Waals surface area (Å²) < 4.78 is 5.43. The Balaban J connectivity index is 1.33. The van der Waals surface area contributed by atoms with E-state index in [0.717, 1.165) is 59.3 Å². The molecule has 190 valence electrons. The van der Waals surface area contributed by atoms with Crippen LogP contribution in [0.2, 0.25) is 5.02 Å². The first-order chi connectivity index (χ1) is 18.0. The molecule has 1 aliphatic heterocycles. The third-order valence-electron chi connectivity index (χ3n) is 6.57. The number of benzene rings is 3.